The molecule has 2 aliphatic rings. The SMILES string of the molecule is CCC(C)C1NC(=O)C(Cc2ccc(O)c(Cl)c2)N(C)C(=O)C(C(C)CC)N2C(=O)C(CCC2O)NC(=O)C(CCCN=C(N)N)NC(=O)C(NC(=O)C(O)COS(=O)(=O)O)C(C)OC1=O. The van der Waals surface area contributed by atoms with Crippen molar-refractivity contribution in [3.8, 4) is 5.75 Å². The first kappa shape index (κ1) is 55.0. The fourth-order valence-corrected chi connectivity index (χ4v) is 7.81. The van der Waals surface area contributed by atoms with Gasteiger partial charge in [0.2, 0.25) is 29.5 Å². The minimum Gasteiger partial charge on any atom is -0.506 e. The van der Waals surface area contributed by atoms with Gasteiger partial charge in [0.05, 0.1) is 5.02 Å². The van der Waals surface area contributed by atoms with E-state index in [4.69, 9.17) is 32.4 Å². The number of nitrogens with two attached hydrogens (primary N) is 2. The van der Waals surface area contributed by atoms with Gasteiger partial charge in [0, 0.05) is 20.0 Å². The van der Waals surface area contributed by atoms with E-state index in [0.29, 0.717) is 12.0 Å². The van der Waals surface area contributed by atoms with Crippen LogP contribution in [0.25, 0.3) is 0 Å². The lowest BCUT2D eigenvalue weighted by Crippen LogP contribution is -2.66. The number of esters is 1. The number of aliphatic imine (C=N–C) groups is 1. The molecule has 11 unspecified atom stereocenters. The van der Waals surface area contributed by atoms with Gasteiger partial charge in [-0.3, -0.25) is 38.3 Å². The number of carbonyl (C=O) groups is 7. The molecule has 0 aliphatic carbocycles. The molecule has 0 saturated carbocycles. The molecule has 2 bridgehead atoms. The summed E-state index contributed by atoms with van der Waals surface area (Å²) in [6, 6.07) is -5.13. The van der Waals surface area contributed by atoms with Crippen LogP contribution in [0.5, 0.6) is 5.75 Å². The van der Waals surface area contributed by atoms with Gasteiger partial charge in [-0.2, -0.15) is 8.42 Å². The molecule has 2 saturated heterocycles. The number of hydrogen-bond donors (Lipinski definition) is 10. The van der Waals surface area contributed by atoms with Crippen molar-refractivity contribution in [2.24, 2.45) is 28.3 Å². The molecule has 24 nitrogen and oxygen atoms in total. The molecule has 3 rings (SSSR count). The van der Waals surface area contributed by atoms with Gasteiger partial charge in [0.1, 0.15) is 60.9 Å². The van der Waals surface area contributed by atoms with Gasteiger partial charge in [0.25, 0.3) is 5.91 Å². The average Bonchev–Trinajstić information content (AvgIpc) is 3.25. The van der Waals surface area contributed by atoms with E-state index in [9.17, 15) is 57.3 Å². The standard InChI is InChI=1S/C40H62ClN9O15S/c1-7-19(3)30-39(60)65-21(5)31(48-35(56)28(52)18-64-66(61,62)63)36(57)45-24(10-9-15-44-40(42)43)33(54)46-25-12-14-29(53)50(37(25)58)32(20(4)8-2)38(59)49(6)26(34(55)47-30)17-22-11-13-27(51)23(41)16-22/h11,13,16,19-21,24-26,28-32,51-53H,7-10,12,14-15,17-18H2,1-6H3,(H,45,57)(H,46,54)(H,47,55)(H,48,56)(H4,42,43,44)(H,61,62,63). The number of aliphatic hydroxyl groups excluding tert-OH is 2. The number of carbonyl (C=O) groups excluding carboxylic acids is 7. The Kier molecular flexibility index (Phi) is 20.4. The van der Waals surface area contributed by atoms with Crippen LogP contribution in [-0.2, 0) is 59.3 Å². The fraction of sp³-hybridized carbons (Fsp3) is 0.650. The van der Waals surface area contributed by atoms with Crippen molar-refractivity contribution in [3.63, 3.8) is 0 Å². The molecule has 2 fully saturated rings. The van der Waals surface area contributed by atoms with Gasteiger partial charge in [-0.1, -0.05) is 58.2 Å². The molecular weight excluding hydrogens is 914 g/mol. The Morgan fingerprint density at radius 2 is 1.67 bits per heavy atom. The first-order valence-corrected chi connectivity index (χ1v) is 23.1. The molecular formula is C40H62ClN9O15S. The normalized spacial score (nSPS) is 26.6. The van der Waals surface area contributed by atoms with Crippen LogP contribution in [0.1, 0.15) is 78.7 Å². The van der Waals surface area contributed by atoms with Crippen LogP contribution < -0.4 is 32.7 Å². The van der Waals surface area contributed by atoms with Gasteiger partial charge in [-0.15, -0.1) is 0 Å². The number of amides is 6. The second kappa shape index (κ2) is 24.4. The molecule has 66 heavy (non-hydrogen) atoms. The Morgan fingerprint density at radius 1 is 1.02 bits per heavy atom. The topological polar surface area (TPSA) is 372 Å². The van der Waals surface area contributed by atoms with Crippen molar-refractivity contribution >= 4 is 69.4 Å². The van der Waals surface area contributed by atoms with Gasteiger partial charge in [-0.05, 0) is 62.1 Å². The van der Waals surface area contributed by atoms with Crippen molar-refractivity contribution in [1.29, 1.82) is 0 Å². The predicted octanol–water partition coefficient (Wildman–Crippen LogP) is -2.06. The van der Waals surface area contributed by atoms with E-state index in [-0.39, 0.29) is 61.8 Å². The van der Waals surface area contributed by atoms with Crippen molar-refractivity contribution in [2.45, 2.75) is 134 Å². The highest BCUT2D eigenvalue weighted by Crippen LogP contribution is 2.29. The highest BCUT2D eigenvalue weighted by molar-refractivity contribution is 7.80. The molecule has 11 atom stereocenters. The van der Waals surface area contributed by atoms with E-state index >= 15 is 0 Å². The third kappa shape index (κ3) is 15.1. The van der Waals surface area contributed by atoms with E-state index in [2.05, 4.69) is 30.4 Å². The lowest BCUT2D eigenvalue weighted by Gasteiger charge is -2.44. The van der Waals surface area contributed by atoms with Crippen molar-refractivity contribution in [2.75, 3.05) is 20.2 Å². The van der Waals surface area contributed by atoms with Crippen LogP contribution >= 0.6 is 11.6 Å². The molecule has 12 N–H and O–H groups in total. The van der Waals surface area contributed by atoms with Gasteiger partial charge in [-0.25, -0.2) is 8.98 Å². The molecule has 1 aromatic rings. The summed E-state index contributed by atoms with van der Waals surface area (Å²) in [6.07, 6.45) is -5.62. The lowest BCUT2D eigenvalue weighted by molar-refractivity contribution is -0.168. The van der Waals surface area contributed by atoms with Crippen LogP contribution in [0.3, 0.4) is 0 Å². The number of benzene rings is 1. The number of likely N-dealkylation sites (N-methyl/N-ethyl adjacent to an activating group) is 1. The van der Waals surface area contributed by atoms with Crippen LogP contribution in [0, 0.1) is 11.8 Å². The molecule has 6 amide bonds. The summed E-state index contributed by atoms with van der Waals surface area (Å²) in [5.41, 5.74) is 11.3. The average molecular weight is 977 g/mol. The maximum absolute atomic E-state index is 14.8. The number of ether oxygens (including phenoxy) is 1. The molecule has 370 valence electrons. The first-order valence-electron chi connectivity index (χ1n) is 21.3. The van der Waals surface area contributed by atoms with Gasteiger partial charge >= 0.3 is 16.4 Å². The summed E-state index contributed by atoms with van der Waals surface area (Å²) in [5, 5.41) is 41.7. The summed E-state index contributed by atoms with van der Waals surface area (Å²) in [6.45, 7) is 6.53. The monoisotopic (exact) mass is 975 g/mol. The molecule has 1 aromatic carbocycles. The summed E-state index contributed by atoms with van der Waals surface area (Å²) in [5.74, 6) is -9.14. The minimum atomic E-state index is -5.14. The van der Waals surface area contributed by atoms with E-state index < -0.39 is 125 Å². The summed E-state index contributed by atoms with van der Waals surface area (Å²) in [7, 11) is -3.83. The highest BCUT2D eigenvalue weighted by atomic mass is 35.5. The number of cyclic esters (lactones) is 1. The number of phenolic OH excluding ortho intramolecular Hbond substituents is 1. The van der Waals surface area contributed by atoms with Gasteiger partial charge < -0.3 is 62.6 Å². The fourth-order valence-electron chi connectivity index (χ4n) is 7.31. The first-order chi connectivity index (χ1) is 30.8. The van der Waals surface area contributed by atoms with Crippen molar-refractivity contribution < 1.29 is 70.8 Å². The maximum atomic E-state index is 14.8. The number of fused-ring (bicyclic) bond motifs is 2. The van der Waals surface area contributed by atoms with Crippen LogP contribution in [-0.4, -0.2) is 160 Å². The smallest absolute Gasteiger partial charge is 0.397 e. The molecule has 0 radical (unpaired) electrons. The zero-order chi connectivity index (χ0) is 49.8. The number of aliphatic hydroxyl groups is 2. The van der Waals surface area contributed by atoms with Crippen LogP contribution in [0.15, 0.2) is 23.2 Å². The van der Waals surface area contributed by atoms with E-state index in [1.165, 1.54) is 25.2 Å². The Morgan fingerprint density at radius 3 is 2.26 bits per heavy atom. The highest BCUT2D eigenvalue weighted by Gasteiger charge is 2.47. The number of nitrogens with zero attached hydrogens (tertiary/aromatic N) is 3. The largest absolute Gasteiger partial charge is 0.506 e. The number of rotatable bonds is 15. The zero-order valence-electron chi connectivity index (χ0n) is 37.5. The molecule has 2 aliphatic heterocycles. The Bertz CT molecular complexity index is 2080. The van der Waals surface area contributed by atoms with E-state index in [1.807, 2.05) is 0 Å². The van der Waals surface area contributed by atoms with E-state index in [0.717, 1.165) is 16.7 Å². The quantitative estimate of drug-likeness (QED) is 0.0297. The van der Waals surface area contributed by atoms with Crippen molar-refractivity contribution in [3.05, 3.63) is 28.8 Å². The number of guanidine groups is 1. The number of halogens is 1. The molecule has 26 heteroatoms. The zero-order valence-corrected chi connectivity index (χ0v) is 39.1. The van der Waals surface area contributed by atoms with Crippen LogP contribution in [0.2, 0.25) is 5.02 Å². The molecule has 2 heterocycles. The molecule has 0 aromatic heterocycles. The van der Waals surface area contributed by atoms with Gasteiger partial charge in [0.15, 0.2) is 12.1 Å². The number of phenols is 1. The van der Waals surface area contributed by atoms with Crippen molar-refractivity contribution in [1.82, 2.24) is 31.1 Å². The number of nitrogens with one attached hydrogen (secondary N) is 4. The third-order valence-corrected chi connectivity index (χ3v) is 12.3. The Balaban J connectivity index is 2.26. The third-order valence-electron chi connectivity index (χ3n) is 11.6. The summed E-state index contributed by atoms with van der Waals surface area (Å²) < 4.78 is 41.1. The van der Waals surface area contributed by atoms with E-state index in [1.54, 1.807) is 27.7 Å². The second-order valence-electron chi connectivity index (χ2n) is 16.4. The maximum Gasteiger partial charge on any atom is 0.397 e. The summed E-state index contributed by atoms with van der Waals surface area (Å²) >= 11 is 6.22. The number of hydrogen-bond acceptors (Lipinski definition) is 15. The number of aromatic hydroxyl groups is 1. The number of piperidine rings is 1. The summed E-state index contributed by atoms with van der Waals surface area (Å²) in [4.78, 5) is 105. The predicted molar refractivity (Wildman–Crippen MR) is 235 cm³/mol. The Labute approximate surface area is 387 Å². The van der Waals surface area contributed by atoms with Crippen LogP contribution in [0.4, 0.5) is 0 Å². The Hall–Kier alpha value is -5.34. The second-order valence-corrected chi connectivity index (χ2v) is 17.9. The molecule has 0 spiro atoms. The lowest BCUT2D eigenvalue weighted by atomic mass is 9.91. The minimum absolute atomic E-state index is 0.0336.